The lowest BCUT2D eigenvalue weighted by Gasteiger charge is -2.24. The van der Waals surface area contributed by atoms with Gasteiger partial charge in [-0.15, -0.1) is 0 Å². The van der Waals surface area contributed by atoms with Crippen LogP contribution in [0.15, 0.2) is 18.2 Å². The van der Waals surface area contributed by atoms with Gasteiger partial charge in [0, 0.05) is 19.1 Å². The van der Waals surface area contributed by atoms with Crippen LogP contribution >= 0.6 is 11.6 Å². The molecule has 2 heterocycles. The molecular weight excluding hydrogens is 256 g/mol. The van der Waals surface area contributed by atoms with E-state index in [-0.39, 0.29) is 0 Å². The summed E-state index contributed by atoms with van der Waals surface area (Å²) in [6, 6.07) is 7.29. The van der Waals surface area contributed by atoms with Crippen molar-refractivity contribution in [2.24, 2.45) is 0 Å². The number of hydrogen-bond donors (Lipinski definition) is 1. The lowest BCUT2D eigenvalue weighted by molar-refractivity contribution is 0.399. The number of piperidine rings is 1. The van der Waals surface area contributed by atoms with Crippen LogP contribution in [0.5, 0.6) is 0 Å². The van der Waals surface area contributed by atoms with Crippen molar-refractivity contribution in [2.45, 2.75) is 44.6 Å². The molecule has 0 bridgehead atoms. The average Bonchev–Trinajstić information content (AvgIpc) is 2.94. The van der Waals surface area contributed by atoms with Crippen LogP contribution in [0.2, 0.25) is 5.02 Å². The van der Waals surface area contributed by atoms with Crippen molar-refractivity contribution in [1.82, 2.24) is 5.32 Å². The minimum Gasteiger partial charge on any atom is -0.370 e. The van der Waals surface area contributed by atoms with Crippen molar-refractivity contribution < 1.29 is 0 Å². The maximum absolute atomic E-state index is 6.47. The van der Waals surface area contributed by atoms with E-state index in [2.05, 4.69) is 28.4 Å². The predicted molar refractivity (Wildman–Crippen MR) is 82.2 cm³/mol. The monoisotopic (exact) mass is 278 g/mol. The van der Waals surface area contributed by atoms with Gasteiger partial charge in [0.25, 0.3) is 0 Å². The normalized spacial score (nSPS) is 23.8. The number of nitrogens with one attached hydrogen (secondary N) is 1. The Morgan fingerprint density at radius 2 is 2.00 bits per heavy atom. The SMILES string of the molecule is Clc1cc(CC2CCCCN2)ccc1N1CCCC1. The number of rotatable bonds is 3. The van der Waals surface area contributed by atoms with E-state index in [4.69, 9.17) is 11.6 Å². The summed E-state index contributed by atoms with van der Waals surface area (Å²) in [6.07, 6.45) is 7.68. The van der Waals surface area contributed by atoms with Crippen LogP contribution in [0.25, 0.3) is 0 Å². The maximum Gasteiger partial charge on any atom is 0.0642 e. The Morgan fingerprint density at radius 3 is 2.68 bits per heavy atom. The molecule has 1 unspecified atom stereocenters. The second-order valence-electron chi connectivity index (χ2n) is 5.83. The molecular formula is C16H23ClN2. The first-order valence-corrected chi connectivity index (χ1v) is 7.97. The van der Waals surface area contributed by atoms with Crippen LogP contribution in [0.4, 0.5) is 5.69 Å². The summed E-state index contributed by atoms with van der Waals surface area (Å²) < 4.78 is 0. The molecule has 3 heteroatoms. The van der Waals surface area contributed by atoms with Crippen LogP contribution in [-0.2, 0) is 6.42 Å². The highest BCUT2D eigenvalue weighted by Crippen LogP contribution is 2.30. The van der Waals surface area contributed by atoms with E-state index >= 15 is 0 Å². The van der Waals surface area contributed by atoms with E-state index in [1.54, 1.807) is 0 Å². The summed E-state index contributed by atoms with van der Waals surface area (Å²) in [5.41, 5.74) is 2.59. The summed E-state index contributed by atoms with van der Waals surface area (Å²) >= 11 is 6.47. The smallest absolute Gasteiger partial charge is 0.0642 e. The van der Waals surface area contributed by atoms with E-state index in [9.17, 15) is 0 Å². The topological polar surface area (TPSA) is 15.3 Å². The van der Waals surface area contributed by atoms with E-state index < -0.39 is 0 Å². The van der Waals surface area contributed by atoms with E-state index in [1.807, 2.05) is 0 Å². The van der Waals surface area contributed by atoms with Gasteiger partial charge in [0.1, 0.15) is 0 Å². The molecule has 19 heavy (non-hydrogen) atoms. The predicted octanol–water partition coefficient (Wildman–Crippen LogP) is 3.62. The van der Waals surface area contributed by atoms with Gasteiger partial charge in [-0.2, -0.15) is 0 Å². The fourth-order valence-electron chi connectivity index (χ4n) is 3.27. The third-order valence-electron chi connectivity index (χ3n) is 4.35. The Morgan fingerprint density at radius 1 is 1.16 bits per heavy atom. The number of hydrogen-bond acceptors (Lipinski definition) is 2. The molecule has 2 saturated heterocycles. The van der Waals surface area contributed by atoms with Gasteiger partial charge < -0.3 is 10.2 Å². The second kappa shape index (κ2) is 6.15. The highest BCUT2D eigenvalue weighted by molar-refractivity contribution is 6.33. The van der Waals surface area contributed by atoms with Crippen molar-refractivity contribution in [3.8, 4) is 0 Å². The third-order valence-corrected chi connectivity index (χ3v) is 4.66. The van der Waals surface area contributed by atoms with Gasteiger partial charge >= 0.3 is 0 Å². The van der Waals surface area contributed by atoms with Crippen molar-refractivity contribution in [1.29, 1.82) is 0 Å². The Balaban J connectivity index is 1.67. The van der Waals surface area contributed by atoms with Crippen molar-refractivity contribution in [3.63, 3.8) is 0 Å². The lowest BCUT2D eigenvalue weighted by Crippen LogP contribution is -2.35. The molecule has 104 valence electrons. The van der Waals surface area contributed by atoms with Gasteiger partial charge in [-0.25, -0.2) is 0 Å². The first-order chi connectivity index (χ1) is 9.33. The molecule has 0 amide bonds. The molecule has 2 nitrogen and oxygen atoms in total. The minimum absolute atomic E-state index is 0.641. The summed E-state index contributed by atoms with van der Waals surface area (Å²) in [7, 11) is 0. The van der Waals surface area contributed by atoms with Gasteiger partial charge in [0.2, 0.25) is 0 Å². The molecule has 0 aromatic heterocycles. The number of halogens is 1. The fraction of sp³-hybridized carbons (Fsp3) is 0.625. The standard InChI is InChI=1S/C16H23ClN2/c17-15-12-13(11-14-5-1-2-8-18-14)6-7-16(15)19-9-3-4-10-19/h6-7,12,14,18H,1-5,8-11H2. The molecule has 1 N–H and O–H groups in total. The van der Waals surface area contributed by atoms with Crippen LogP contribution in [0.3, 0.4) is 0 Å². The van der Waals surface area contributed by atoms with Gasteiger partial charge in [0.05, 0.1) is 10.7 Å². The summed E-state index contributed by atoms with van der Waals surface area (Å²) in [6.45, 7) is 3.48. The van der Waals surface area contributed by atoms with Crippen molar-refractivity contribution >= 4 is 17.3 Å². The van der Waals surface area contributed by atoms with Crippen molar-refractivity contribution in [3.05, 3.63) is 28.8 Å². The van der Waals surface area contributed by atoms with Gasteiger partial charge in [0.15, 0.2) is 0 Å². The highest BCUT2D eigenvalue weighted by Gasteiger charge is 2.17. The van der Waals surface area contributed by atoms with E-state index in [1.165, 1.54) is 49.9 Å². The Bertz CT molecular complexity index is 421. The fourth-order valence-corrected chi connectivity index (χ4v) is 3.60. The molecule has 2 aliphatic heterocycles. The Kier molecular flexibility index (Phi) is 4.29. The zero-order valence-electron chi connectivity index (χ0n) is 11.5. The van der Waals surface area contributed by atoms with Gasteiger partial charge in [-0.3, -0.25) is 0 Å². The van der Waals surface area contributed by atoms with Crippen LogP contribution in [-0.4, -0.2) is 25.7 Å². The largest absolute Gasteiger partial charge is 0.370 e. The zero-order chi connectivity index (χ0) is 13.1. The van der Waals surface area contributed by atoms with Crippen LogP contribution in [0, 0.1) is 0 Å². The lowest BCUT2D eigenvalue weighted by atomic mass is 9.97. The first-order valence-electron chi connectivity index (χ1n) is 7.60. The summed E-state index contributed by atoms with van der Waals surface area (Å²) in [5.74, 6) is 0. The molecule has 0 spiro atoms. The van der Waals surface area contributed by atoms with Crippen LogP contribution in [0.1, 0.15) is 37.7 Å². The number of benzene rings is 1. The zero-order valence-corrected chi connectivity index (χ0v) is 12.3. The minimum atomic E-state index is 0.641. The Hall–Kier alpha value is -0.730. The summed E-state index contributed by atoms with van der Waals surface area (Å²) in [5, 5.41) is 4.53. The number of anilines is 1. The molecule has 0 radical (unpaired) electrons. The molecule has 0 aliphatic carbocycles. The quantitative estimate of drug-likeness (QED) is 0.908. The van der Waals surface area contributed by atoms with E-state index in [0.717, 1.165) is 24.5 Å². The summed E-state index contributed by atoms with van der Waals surface area (Å²) in [4.78, 5) is 2.41. The number of nitrogens with zero attached hydrogens (tertiary/aromatic N) is 1. The maximum atomic E-state index is 6.47. The third kappa shape index (κ3) is 3.24. The molecule has 1 aromatic carbocycles. The van der Waals surface area contributed by atoms with E-state index in [0.29, 0.717) is 6.04 Å². The Labute approximate surface area is 121 Å². The molecule has 2 fully saturated rings. The molecule has 2 aliphatic rings. The first kappa shape index (κ1) is 13.3. The van der Waals surface area contributed by atoms with Gasteiger partial charge in [-0.05, 0) is 56.3 Å². The molecule has 0 saturated carbocycles. The van der Waals surface area contributed by atoms with Gasteiger partial charge in [-0.1, -0.05) is 24.1 Å². The molecule has 1 atom stereocenters. The highest BCUT2D eigenvalue weighted by atomic mass is 35.5. The van der Waals surface area contributed by atoms with Crippen molar-refractivity contribution in [2.75, 3.05) is 24.5 Å². The second-order valence-corrected chi connectivity index (χ2v) is 6.24. The van der Waals surface area contributed by atoms with Crippen LogP contribution < -0.4 is 10.2 Å². The average molecular weight is 279 g/mol. The molecule has 1 aromatic rings. The molecule has 3 rings (SSSR count).